The molecule has 1 N–H and O–H groups in total. The van der Waals surface area contributed by atoms with E-state index in [9.17, 15) is 5.11 Å². The minimum absolute atomic E-state index is 0.208. The van der Waals surface area contributed by atoms with Crippen LogP contribution in [-0.4, -0.2) is 36.2 Å². The van der Waals surface area contributed by atoms with Crippen molar-refractivity contribution in [1.29, 1.82) is 0 Å². The summed E-state index contributed by atoms with van der Waals surface area (Å²) in [5, 5.41) is 11.2. The number of hydrogen-bond donors (Lipinski definition) is 1. The Bertz CT molecular complexity index is 1270. The first-order valence-corrected chi connectivity index (χ1v) is 12.5. The van der Waals surface area contributed by atoms with E-state index >= 15 is 0 Å². The summed E-state index contributed by atoms with van der Waals surface area (Å²) >= 11 is 1.75. The van der Waals surface area contributed by atoms with Gasteiger partial charge in [-0.2, -0.15) is 0 Å². The molecule has 0 aliphatic carbocycles. The van der Waals surface area contributed by atoms with E-state index in [0.29, 0.717) is 5.75 Å². The maximum Gasteiger partial charge on any atom is 0.151 e. The summed E-state index contributed by atoms with van der Waals surface area (Å²) < 4.78 is 13.8. The molecule has 5 heteroatoms. The molecule has 2 aliphatic heterocycles. The Kier molecular flexibility index (Phi) is 5.44. The van der Waals surface area contributed by atoms with Crippen LogP contribution in [-0.2, 0) is 6.42 Å². The van der Waals surface area contributed by atoms with Gasteiger partial charge in [-0.15, -0.1) is 11.3 Å². The van der Waals surface area contributed by atoms with Crippen LogP contribution in [0.1, 0.15) is 40.5 Å². The van der Waals surface area contributed by atoms with Gasteiger partial charge in [0.05, 0.1) is 0 Å². The molecule has 0 saturated carbocycles. The lowest BCUT2D eigenvalue weighted by Crippen LogP contribution is -2.25. The Hall–Kier alpha value is -3.02. The molecule has 3 aromatic carbocycles. The molecule has 3 heterocycles. The predicted molar refractivity (Wildman–Crippen MR) is 133 cm³/mol. The van der Waals surface area contributed by atoms with Gasteiger partial charge in [-0.1, -0.05) is 30.3 Å². The average molecular weight is 458 g/mol. The maximum atomic E-state index is 10.0. The molecule has 33 heavy (non-hydrogen) atoms. The quantitative estimate of drug-likeness (QED) is 0.390. The molecule has 6 rings (SSSR count). The molecule has 4 aromatic rings. The van der Waals surface area contributed by atoms with Gasteiger partial charge in [-0.05, 0) is 73.5 Å². The second kappa shape index (κ2) is 8.73. The van der Waals surface area contributed by atoms with Crippen LogP contribution in [0.5, 0.6) is 17.2 Å². The monoisotopic (exact) mass is 457 g/mol. The lowest BCUT2D eigenvalue weighted by atomic mass is 9.97. The molecule has 4 nitrogen and oxygen atoms in total. The van der Waals surface area contributed by atoms with Crippen molar-refractivity contribution in [3.05, 3.63) is 88.3 Å². The van der Waals surface area contributed by atoms with Crippen LogP contribution in [0, 0.1) is 0 Å². The summed E-state index contributed by atoms with van der Waals surface area (Å²) in [6, 6.07) is 22.3. The van der Waals surface area contributed by atoms with Crippen molar-refractivity contribution >= 4 is 21.4 Å². The number of rotatable bonds is 5. The van der Waals surface area contributed by atoms with Gasteiger partial charge in [0, 0.05) is 33.5 Å². The van der Waals surface area contributed by atoms with Crippen LogP contribution < -0.4 is 9.47 Å². The van der Waals surface area contributed by atoms with Crippen LogP contribution >= 0.6 is 11.3 Å². The number of para-hydroxylation sites is 1. The Morgan fingerprint density at radius 1 is 1.00 bits per heavy atom. The van der Waals surface area contributed by atoms with Gasteiger partial charge in [0.25, 0.3) is 0 Å². The zero-order valence-electron chi connectivity index (χ0n) is 18.5. The number of nitrogens with zero attached hydrogens (tertiary/aromatic N) is 1. The molecule has 1 aromatic heterocycles. The number of benzene rings is 3. The second-order valence-electron chi connectivity index (χ2n) is 8.87. The largest absolute Gasteiger partial charge is 0.508 e. The van der Waals surface area contributed by atoms with E-state index < -0.39 is 0 Å². The molecule has 1 atom stereocenters. The number of ether oxygens (including phenoxy) is 2. The van der Waals surface area contributed by atoms with E-state index in [1.165, 1.54) is 41.9 Å². The van der Waals surface area contributed by atoms with E-state index in [1.807, 2.05) is 18.2 Å². The molecule has 2 aliphatic rings. The molecule has 168 valence electrons. The Morgan fingerprint density at radius 2 is 1.82 bits per heavy atom. The van der Waals surface area contributed by atoms with Crippen LogP contribution in [0.3, 0.4) is 0 Å². The number of likely N-dealkylation sites (tertiary alicyclic amines) is 1. The molecule has 1 unspecified atom stereocenters. The molecular formula is C28H27NO3S. The predicted octanol–water partition coefficient (Wildman–Crippen LogP) is 6.15. The summed E-state index contributed by atoms with van der Waals surface area (Å²) in [4.78, 5) is 3.75. The minimum Gasteiger partial charge on any atom is -0.508 e. The molecular weight excluding hydrogens is 430 g/mol. The van der Waals surface area contributed by atoms with Crippen LogP contribution in [0.15, 0.2) is 66.7 Å². The zero-order chi connectivity index (χ0) is 22.2. The van der Waals surface area contributed by atoms with Crippen molar-refractivity contribution in [2.45, 2.75) is 25.4 Å². The van der Waals surface area contributed by atoms with Crippen molar-refractivity contribution in [2.24, 2.45) is 0 Å². The summed E-state index contributed by atoms with van der Waals surface area (Å²) in [5.74, 6) is 2.13. The highest BCUT2D eigenvalue weighted by Crippen LogP contribution is 2.45. The Morgan fingerprint density at radius 3 is 2.67 bits per heavy atom. The van der Waals surface area contributed by atoms with Gasteiger partial charge >= 0.3 is 0 Å². The minimum atomic E-state index is -0.208. The fourth-order valence-electron chi connectivity index (χ4n) is 4.97. The number of fused-ring (bicyclic) bond motifs is 4. The first-order valence-electron chi connectivity index (χ1n) is 11.7. The standard InChI is InChI=1S/C28H27NO3S/c30-21-9-12-23-25(18-21)33-26-17-20-5-1-2-6-24(20)32-28(27(23)26)19-7-10-22(11-8-19)31-16-15-29-13-3-4-14-29/h1-2,5-12,18,28,30H,3-4,13-17H2. The average Bonchev–Trinajstić information content (AvgIpc) is 3.43. The fourth-order valence-corrected chi connectivity index (χ4v) is 6.26. The fraction of sp³-hybridized carbons (Fsp3) is 0.286. The van der Waals surface area contributed by atoms with Crippen molar-refractivity contribution in [1.82, 2.24) is 4.90 Å². The number of phenols is 1. The molecule has 0 bridgehead atoms. The maximum absolute atomic E-state index is 10.0. The summed E-state index contributed by atoms with van der Waals surface area (Å²) in [6.07, 6.45) is 3.23. The summed E-state index contributed by atoms with van der Waals surface area (Å²) in [5.41, 5.74) is 3.50. The van der Waals surface area contributed by atoms with Crippen molar-refractivity contribution in [2.75, 3.05) is 26.2 Å². The van der Waals surface area contributed by atoms with Gasteiger partial charge in [0.15, 0.2) is 6.10 Å². The smallest absolute Gasteiger partial charge is 0.151 e. The first-order chi connectivity index (χ1) is 16.2. The molecule has 1 fully saturated rings. The van der Waals surface area contributed by atoms with Gasteiger partial charge in [0.1, 0.15) is 23.9 Å². The van der Waals surface area contributed by atoms with Crippen molar-refractivity contribution in [3.8, 4) is 17.2 Å². The van der Waals surface area contributed by atoms with E-state index in [0.717, 1.165) is 46.7 Å². The van der Waals surface area contributed by atoms with Crippen molar-refractivity contribution in [3.63, 3.8) is 0 Å². The first kappa shape index (κ1) is 20.6. The second-order valence-corrected chi connectivity index (χ2v) is 10.0. The van der Waals surface area contributed by atoms with E-state index in [-0.39, 0.29) is 6.10 Å². The Balaban J connectivity index is 1.32. The zero-order valence-corrected chi connectivity index (χ0v) is 19.3. The van der Waals surface area contributed by atoms with Crippen LogP contribution in [0.4, 0.5) is 0 Å². The molecule has 0 radical (unpaired) electrons. The Labute approximate surface area is 198 Å². The molecule has 0 amide bonds. The lowest BCUT2D eigenvalue weighted by molar-refractivity contribution is 0.236. The normalized spacial score (nSPS) is 17.9. The molecule has 0 spiro atoms. The van der Waals surface area contributed by atoms with Gasteiger partial charge < -0.3 is 14.6 Å². The highest BCUT2D eigenvalue weighted by Gasteiger charge is 2.29. The van der Waals surface area contributed by atoms with Gasteiger partial charge in [0.2, 0.25) is 0 Å². The third-order valence-corrected chi connectivity index (χ3v) is 7.85. The highest BCUT2D eigenvalue weighted by molar-refractivity contribution is 7.19. The number of hydrogen-bond acceptors (Lipinski definition) is 5. The summed E-state index contributed by atoms with van der Waals surface area (Å²) in [7, 11) is 0. The van der Waals surface area contributed by atoms with Gasteiger partial charge in [-0.3, -0.25) is 4.90 Å². The SMILES string of the molecule is Oc1ccc2c3c(sc2c1)Cc1ccccc1OC3c1ccc(OCCN2CCCC2)cc1. The lowest BCUT2D eigenvalue weighted by Gasteiger charge is -2.20. The number of aromatic hydroxyl groups is 1. The number of thiophene rings is 1. The van der Waals surface area contributed by atoms with Gasteiger partial charge in [-0.25, -0.2) is 0 Å². The van der Waals surface area contributed by atoms with Crippen LogP contribution in [0.2, 0.25) is 0 Å². The van der Waals surface area contributed by atoms with E-state index in [2.05, 4.69) is 47.4 Å². The topological polar surface area (TPSA) is 41.9 Å². The molecule has 1 saturated heterocycles. The highest BCUT2D eigenvalue weighted by atomic mass is 32.1. The third-order valence-electron chi connectivity index (χ3n) is 6.68. The van der Waals surface area contributed by atoms with E-state index in [1.54, 1.807) is 17.4 Å². The van der Waals surface area contributed by atoms with E-state index in [4.69, 9.17) is 9.47 Å². The third kappa shape index (κ3) is 4.07. The van der Waals surface area contributed by atoms with Crippen molar-refractivity contribution < 1.29 is 14.6 Å². The summed E-state index contributed by atoms with van der Waals surface area (Å²) in [6.45, 7) is 4.09. The number of phenolic OH excluding ortho intramolecular Hbond substituents is 1. The van der Waals surface area contributed by atoms with Crippen LogP contribution in [0.25, 0.3) is 10.1 Å².